The van der Waals surface area contributed by atoms with Crippen LogP contribution in [0, 0.1) is 0 Å². The molecule has 2 rings (SSSR count). The van der Waals surface area contributed by atoms with E-state index in [2.05, 4.69) is 9.97 Å². The lowest BCUT2D eigenvalue weighted by Crippen LogP contribution is -2.06. The van der Waals surface area contributed by atoms with Gasteiger partial charge in [-0.3, -0.25) is 0 Å². The van der Waals surface area contributed by atoms with E-state index in [4.69, 9.17) is 5.11 Å². The number of aryl methyl sites for hydroxylation is 1. The molecule has 2 aromatic rings. The smallest absolute Gasteiger partial charge is 0.356 e. The van der Waals surface area contributed by atoms with Crippen molar-refractivity contribution in [1.29, 1.82) is 0 Å². The number of hydrogen-bond donors (Lipinski definition) is 1. The van der Waals surface area contributed by atoms with Gasteiger partial charge in [-0.25, -0.2) is 14.8 Å². The number of nitrogens with zero attached hydrogens (tertiary/aromatic N) is 3. The van der Waals surface area contributed by atoms with Gasteiger partial charge in [0.1, 0.15) is 0 Å². The number of carboxylic acid groups (broad SMARTS) is 1. The van der Waals surface area contributed by atoms with Crippen LogP contribution >= 0.6 is 0 Å². The minimum absolute atomic E-state index is 0.0301. The van der Waals surface area contributed by atoms with Crippen LogP contribution in [0.4, 0.5) is 0 Å². The molecule has 0 aliphatic carbocycles. The zero-order valence-corrected chi connectivity index (χ0v) is 8.79. The Labute approximate surface area is 92.4 Å². The molecule has 0 aromatic carbocycles. The lowest BCUT2D eigenvalue weighted by atomic mass is 10.3. The number of aromatic carboxylic acids is 1. The molecule has 2 aromatic heterocycles. The zero-order chi connectivity index (χ0) is 11.5. The molecule has 0 aliphatic heterocycles. The summed E-state index contributed by atoms with van der Waals surface area (Å²) in [5.41, 5.74) is 1.48. The Morgan fingerprint density at radius 3 is 2.94 bits per heavy atom. The highest BCUT2D eigenvalue weighted by Crippen LogP contribution is 2.12. The number of imidazole rings is 1. The lowest BCUT2D eigenvalue weighted by Gasteiger charge is -2.04. The van der Waals surface area contributed by atoms with E-state index in [0.29, 0.717) is 5.69 Å². The molecular weight excluding hydrogens is 206 g/mol. The Morgan fingerprint density at radius 2 is 2.31 bits per heavy atom. The zero-order valence-electron chi connectivity index (χ0n) is 8.79. The first-order valence-electron chi connectivity index (χ1n) is 4.94. The van der Waals surface area contributed by atoms with Crippen molar-refractivity contribution in [3.63, 3.8) is 0 Å². The molecule has 0 amide bonds. The third-order valence-electron chi connectivity index (χ3n) is 2.27. The second kappa shape index (κ2) is 4.14. The van der Waals surface area contributed by atoms with Gasteiger partial charge in [0, 0.05) is 12.4 Å². The molecule has 0 radical (unpaired) electrons. The van der Waals surface area contributed by atoms with Crippen molar-refractivity contribution in [1.82, 2.24) is 14.5 Å². The Balaban J connectivity index is 2.50. The van der Waals surface area contributed by atoms with E-state index < -0.39 is 5.97 Å². The molecule has 82 valence electrons. The minimum Gasteiger partial charge on any atom is -0.476 e. The molecule has 0 fully saturated rings. The van der Waals surface area contributed by atoms with Gasteiger partial charge in [0.25, 0.3) is 0 Å². The first-order chi connectivity index (χ1) is 7.72. The number of aromatic nitrogens is 3. The summed E-state index contributed by atoms with van der Waals surface area (Å²) in [6.45, 7) is 1.99. The van der Waals surface area contributed by atoms with Crippen molar-refractivity contribution >= 4 is 5.97 Å². The highest BCUT2D eigenvalue weighted by molar-refractivity contribution is 5.89. The molecule has 16 heavy (non-hydrogen) atoms. The molecule has 0 aliphatic rings. The topological polar surface area (TPSA) is 68.0 Å². The van der Waals surface area contributed by atoms with Crippen molar-refractivity contribution in [3.05, 3.63) is 42.2 Å². The summed E-state index contributed by atoms with van der Waals surface area (Å²) in [6.07, 6.45) is 5.69. The first-order valence-corrected chi connectivity index (χ1v) is 4.94. The molecule has 5 nitrogen and oxygen atoms in total. The van der Waals surface area contributed by atoms with Crippen molar-refractivity contribution < 1.29 is 9.90 Å². The maximum Gasteiger partial charge on any atom is 0.356 e. The molecule has 0 atom stereocenters. The fourth-order valence-electron chi connectivity index (χ4n) is 1.45. The van der Waals surface area contributed by atoms with Crippen LogP contribution in [0.1, 0.15) is 23.1 Å². The molecule has 0 saturated heterocycles. The molecule has 5 heteroatoms. The first kappa shape index (κ1) is 10.4. The van der Waals surface area contributed by atoms with Gasteiger partial charge in [-0.2, -0.15) is 0 Å². The van der Waals surface area contributed by atoms with Gasteiger partial charge in [0.05, 0.1) is 17.7 Å². The maximum atomic E-state index is 11.0. The molecule has 0 spiro atoms. The summed E-state index contributed by atoms with van der Waals surface area (Å²) in [4.78, 5) is 19.0. The quantitative estimate of drug-likeness (QED) is 0.846. The largest absolute Gasteiger partial charge is 0.476 e. The second-order valence-corrected chi connectivity index (χ2v) is 3.30. The number of carboxylic acids is 1. The normalized spacial score (nSPS) is 10.3. The Morgan fingerprint density at radius 1 is 1.50 bits per heavy atom. The van der Waals surface area contributed by atoms with E-state index in [1.54, 1.807) is 23.0 Å². The van der Waals surface area contributed by atoms with E-state index in [1.807, 2.05) is 13.1 Å². The Kier molecular flexibility index (Phi) is 2.68. The van der Waals surface area contributed by atoms with Crippen molar-refractivity contribution in [2.45, 2.75) is 13.3 Å². The molecule has 0 saturated carbocycles. The standard InChI is InChI=1S/C11H11N3O2/c1-2-8-6-14(7-13-8)9-4-3-5-12-10(9)11(15)16/h3-7H,2H2,1H3,(H,15,16). The van der Waals surface area contributed by atoms with Crippen molar-refractivity contribution in [2.24, 2.45) is 0 Å². The fourth-order valence-corrected chi connectivity index (χ4v) is 1.45. The van der Waals surface area contributed by atoms with Gasteiger partial charge < -0.3 is 9.67 Å². The summed E-state index contributed by atoms with van der Waals surface area (Å²) in [6, 6.07) is 3.41. The van der Waals surface area contributed by atoms with Gasteiger partial charge in [-0.1, -0.05) is 6.92 Å². The number of rotatable bonds is 3. The number of carbonyl (C=O) groups is 1. The molecule has 1 N–H and O–H groups in total. The van der Waals surface area contributed by atoms with Crippen LogP contribution in [0.5, 0.6) is 0 Å². The third kappa shape index (κ3) is 1.79. The van der Waals surface area contributed by atoms with Gasteiger partial charge in [0.15, 0.2) is 5.69 Å². The fraction of sp³-hybridized carbons (Fsp3) is 0.182. The summed E-state index contributed by atoms with van der Waals surface area (Å²) in [7, 11) is 0. The predicted octanol–water partition coefficient (Wildman–Crippen LogP) is 1.53. The molecule has 0 unspecified atom stereocenters. The van der Waals surface area contributed by atoms with Crippen LogP contribution in [0.3, 0.4) is 0 Å². The number of hydrogen-bond acceptors (Lipinski definition) is 3. The van der Waals surface area contributed by atoms with Crippen molar-refractivity contribution in [2.75, 3.05) is 0 Å². The SMILES string of the molecule is CCc1cn(-c2cccnc2C(=O)O)cn1. The van der Waals surface area contributed by atoms with Crippen LogP contribution in [0.15, 0.2) is 30.9 Å². The summed E-state index contributed by atoms with van der Waals surface area (Å²) in [5, 5.41) is 8.99. The number of pyridine rings is 1. The van der Waals surface area contributed by atoms with Gasteiger partial charge >= 0.3 is 5.97 Å². The Bertz CT molecular complexity index is 519. The summed E-state index contributed by atoms with van der Waals surface area (Å²) >= 11 is 0. The van der Waals surface area contributed by atoms with E-state index in [9.17, 15) is 4.79 Å². The lowest BCUT2D eigenvalue weighted by molar-refractivity contribution is 0.0690. The third-order valence-corrected chi connectivity index (χ3v) is 2.27. The van der Waals surface area contributed by atoms with E-state index >= 15 is 0 Å². The molecular formula is C11H11N3O2. The summed E-state index contributed by atoms with van der Waals surface area (Å²) in [5.74, 6) is -1.04. The minimum atomic E-state index is -1.04. The van der Waals surface area contributed by atoms with Crippen LogP contribution in [0.2, 0.25) is 0 Å². The van der Waals surface area contributed by atoms with E-state index in [-0.39, 0.29) is 5.69 Å². The average Bonchev–Trinajstić information content (AvgIpc) is 2.77. The average molecular weight is 217 g/mol. The Hall–Kier alpha value is -2.17. The van der Waals surface area contributed by atoms with E-state index in [1.165, 1.54) is 6.20 Å². The van der Waals surface area contributed by atoms with E-state index in [0.717, 1.165) is 12.1 Å². The molecule has 2 heterocycles. The van der Waals surface area contributed by atoms with Crippen LogP contribution in [0.25, 0.3) is 5.69 Å². The van der Waals surface area contributed by atoms with Gasteiger partial charge in [-0.15, -0.1) is 0 Å². The van der Waals surface area contributed by atoms with Gasteiger partial charge in [0.2, 0.25) is 0 Å². The second-order valence-electron chi connectivity index (χ2n) is 3.30. The highest BCUT2D eigenvalue weighted by Gasteiger charge is 2.12. The highest BCUT2D eigenvalue weighted by atomic mass is 16.4. The summed E-state index contributed by atoms with van der Waals surface area (Å²) < 4.78 is 1.68. The maximum absolute atomic E-state index is 11.0. The molecule has 0 bridgehead atoms. The van der Waals surface area contributed by atoms with Crippen LogP contribution in [-0.4, -0.2) is 25.6 Å². The van der Waals surface area contributed by atoms with Crippen LogP contribution < -0.4 is 0 Å². The predicted molar refractivity (Wildman–Crippen MR) is 57.7 cm³/mol. The van der Waals surface area contributed by atoms with Crippen molar-refractivity contribution in [3.8, 4) is 5.69 Å². The monoisotopic (exact) mass is 217 g/mol. The van der Waals surface area contributed by atoms with Gasteiger partial charge in [-0.05, 0) is 18.6 Å². The van der Waals surface area contributed by atoms with Crippen LogP contribution in [-0.2, 0) is 6.42 Å².